The van der Waals surface area contributed by atoms with Crippen LogP contribution in [0.25, 0.3) is 0 Å². The molecule has 0 aliphatic heterocycles. The van der Waals surface area contributed by atoms with Crippen molar-refractivity contribution < 1.29 is 14.3 Å². The molecule has 0 unspecified atom stereocenters. The minimum absolute atomic E-state index is 0.322. The fraction of sp³-hybridized carbons (Fsp3) is 0.143. The van der Waals surface area contributed by atoms with Gasteiger partial charge in [0.1, 0.15) is 4.88 Å². The van der Waals surface area contributed by atoms with Crippen LogP contribution in [0.5, 0.6) is 0 Å². The molecule has 0 spiro atoms. The molecule has 26 heavy (non-hydrogen) atoms. The summed E-state index contributed by atoms with van der Waals surface area (Å²) in [5.41, 5.74) is 1.79. The Labute approximate surface area is 156 Å². The summed E-state index contributed by atoms with van der Waals surface area (Å²) in [6.45, 7) is 0.475. The van der Waals surface area contributed by atoms with Crippen molar-refractivity contribution in [2.24, 2.45) is 0 Å². The maximum absolute atomic E-state index is 12.7. The summed E-state index contributed by atoms with van der Waals surface area (Å²) in [5.74, 6) is -0.816. The van der Waals surface area contributed by atoms with E-state index in [0.29, 0.717) is 23.4 Å². The van der Waals surface area contributed by atoms with Crippen molar-refractivity contribution in [1.29, 1.82) is 0 Å². The number of carbonyl (C=O) groups is 2. The van der Waals surface area contributed by atoms with Crippen molar-refractivity contribution in [3.63, 3.8) is 0 Å². The van der Waals surface area contributed by atoms with Gasteiger partial charge in [-0.3, -0.25) is 4.79 Å². The first kappa shape index (κ1) is 17.9. The molecule has 0 aliphatic carbocycles. The average Bonchev–Trinajstić information content (AvgIpc) is 3.22. The quantitative estimate of drug-likeness (QED) is 0.644. The third-order valence-electron chi connectivity index (χ3n) is 3.84. The molecule has 0 fully saturated rings. The van der Waals surface area contributed by atoms with Crippen LogP contribution in [0.15, 0.2) is 78.2 Å². The van der Waals surface area contributed by atoms with Crippen LogP contribution in [0, 0.1) is 0 Å². The van der Waals surface area contributed by atoms with Crippen molar-refractivity contribution in [1.82, 2.24) is 5.32 Å². The predicted octanol–water partition coefficient (Wildman–Crippen LogP) is 4.01. The fourth-order valence-corrected chi connectivity index (χ4v) is 3.13. The number of thiophene rings is 1. The molecule has 1 N–H and O–H groups in total. The van der Waals surface area contributed by atoms with Crippen molar-refractivity contribution in [3.05, 3.63) is 94.2 Å². The van der Waals surface area contributed by atoms with E-state index in [-0.39, 0.29) is 5.91 Å². The van der Waals surface area contributed by atoms with Crippen molar-refractivity contribution >= 4 is 23.2 Å². The molecule has 1 heterocycles. The van der Waals surface area contributed by atoms with Gasteiger partial charge in [0.05, 0.1) is 0 Å². The number of benzene rings is 2. The van der Waals surface area contributed by atoms with Crippen LogP contribution in [-0.4, -0.2) is 18.4 Å². The van der Waals surface area contributed by atoms with Crippen LogP contribution < -0.4 is 5.32 Å². The fourth-order valence-electron chi connectivity index (χ4n) is 2.53. The first-order valence-corrected chi connectivity index (χ1v) is 9.23. The summed E-state index contributed by atoms with van der Waals surface area (Å²) in [5, 5.41) is 4.67. The highest BCUT2D eigenvalue weighted by Crippen LogP contribution is 2.21. The van der Waals surface area contributed by atoms with Gasteiger partial charge in [0, 0.05) is 12.1 Å². The topological polar surface area (TPSA) is 55.4 Å². The molecule has 2 aromatic carbocycles. The smallest absolute Gasteiger partial charge is 0.349 e. The highest BCUT2D eigenvalue weighted by Gasteiger charge is 2.25. The SMILES string of the molecule is O=C(O[C@@H](C(=O)NCCc1ccccc1)c1ccccc1)c1cccs1. The summed E-state index contributed by atoms with van der Waals surface area (Å²) >= 11 is 1.29. The Morgan fingerprint density at radius 2 is 1.62 bits per heavy atom. The number of hydrogen-bond donors (Lipinski definition) is 1. The molecular weight excluding hydrogens is 346 g/mol. The number of amides is 1. The van der Waals surface area contributed by atoms with E-state index in [1.165, 1.54) is 11.3 Å². The van der Waals surface area contributed by atoms with Gasteiger partial charge < -0.3 is 10.1 Å². The van der Waals surface area contributed by atoms with Gasteiger partial charge in [-0.05, 0) is 23.4 Å². The molecule has 3 aromatic rings. The maximum atomic E-state index is 12.7. The van der Waals surface area contributed by atoms with Crippen molar-refractivity contribution in [2.75, 3.05) is 6.54 Å². The van der Waals surface area contributed by atoms with E-state index < -0.39 is 12.1 Å². The summed E-state index contributed by atoms with van der Waals surface area (Å²) < 4.78 is 5.50. The van der Waals surface area contributed by atoms with Crippen LogP contribution in [0.2, 0.25) is 0 Å². The lowest BCUT2D eigenvalue weighted by molar-refractivity contribution is -0.130. The third-order valence-corrected chi connectivity index (χ3v) is 4.69. The molecule has 0 saturated carbocycles. The van der Waals surface area contributed by atoms with E-state index in [2.05, 4.69) is 5.32 Å². The van der Waals surface area contributed by atoms with Gasteiger partial charge >= 0.3 is 5.97 Å². The van der Waals surface area contributed by atoms with E-state index in [1.807, 2.05) is 48.5 Å². The number of carbonyl (C=O) groups excluding carboxylic acids is 2. The molecule has 3 rings (SSSR count). The highest BCUT2D eigenvalue weighted by molar-refractivity contribution is 7.11. The van der Waals surface area contributed by atoms with E-state index in [0.717, 1.165) is 5.56 Å². The lowest BCUT2D eigenvalue weighted by Gasteiger charge is -2.17. The second kappa shape index (κ2) is 8.97. The Hall–Kier alpha value is -2.92. The zero-order chi connectivity index (χ0) is 18.2. The molecule has 1 amide bonds. The Morgan fingerprint density at radius 3 is 2.27 bits per heavy atom. The summed E-state index contributed by atoms with van der Waals surface area (Å²) in [4.78, 5) is 25.4. The number of rotatable bonds is 7. The van der Waals surface area contributed by atoms with Gasteiger partial charge in [-0.25, -0.2) is 4.79 Å². The second-order valence-corrected chi connectivity index (χ2v) is 6.65. The van der Waals surface area contributed by atoms with Crippen molar-refractivity contribution in [2.45, 2.75) is 12.5 Å². The van der Waals surface area contributed by atoms with Crippen LogP contribution in [0.4, 0.5) is 0 Å². The minimum atomic E-state index is -0.971. The predicted molar refractivity (Wildman–Crippen MR) is 102 cm³/mol. The lowest BCUT2D eigenvalue weighted by Crippen LogP contribution is -2.33. The summed E-state index contributed by atoms with van der Waals surface area (Å²) in [6, 6.07) is 22.4. The Balaban J connectivity index is 1.66. The number of esters is 1. The van der Waals surface area contributed by atoms with Crippen LogP contribution in [0.1, 0.15) is 26.9 Å². The molecular formula is C21H19NO3S. The summed E-state index contributed by atoms with van der Waals surface area (Å²) in [7, 11) is 0. The minimum Gasteiger partial charge on any atom is -0.443 e. The molecule has 4 nitrogen and oxygen atoms in total. The van der Waals surface area contributed by atoms with Crippen molar-refractivity contribution in [3.8, 4) is 0 Å². The normalized spacial score (nSPS) is 11.5. The van der Waals surface area contributed by atoms with Gasteiger partial charge in [-0.2, -0.15) is 0 Å². The Bertz CT molecular complexity index is 832. The van der Waals surface area contributed by atoms with Crippen LogP contribution in [-0.2, 0) is 16.0 Å². The molecule has 0 bridgehead atoms. The number of ether oxygens (including phenoxy) is 1. The second-order valence-electron chi connectivity index (χ2n) is 5.70. The number of nitrogens with one attached hydrogen (secondary N) is 1. The van der Waals surface area contributed by atoms with E-state index in [4.69, 9.17) is 4.74 Å². The van der Waals surface area contributed by atoms with Gasteiger partial charge in [-0.15, -0.1) is 11.3 Å². The molecule has 0 saturated heterocycles. The van der Waals surface area contributed by atoms with E-state index >= 15 is 0 Å². The Kier molecular flexibility index (Phi) is 6.17. The zero-order valence-electron chi connectivity index (χ0n) is 14.1. The average molecular weight is 365 g/mol. The Morgan fingerprint density at radius 1 is 0.923 bits per heavy atom. The van der Waals surface area contributed by atoms with Gasteiger partial charge in [0.15, 0.2) is 0 Å². The van der Waals surface area contributed by atoms with Gasteiger partial charge in [-0.1, -0.05) is 66.7 Å². The first-order valence-electron chi connectivity index (χ1n) is 8.35. The largest absolute Gasteiger partial charge is 0.443 e. The molecule has 0 aliphatic rings. The molecule has 1 atom stereocenters. The zero-order valence-corrected chi connectivity index (χ0v) is 14.9. The first-order chi connectivity index (χ1) is 12.7. The van der Waals surface area contributed by atoms with Gasteiger partial charge in [0.25, 0.3) is 5.91 Å². The van der Waals surface area contributed by atoms with Gasteiger partial charge in [0.2, 0.25) is 6.10 Å². The molecule has 1 aromatic heterocycles. The molecule has 5 heteroatoms. The third kappa shape index (κ3) is 4.80. The standard InChI is InChI=1S/C21H19NO3S/c23-20(22-14-13-16-8-3-1-4-9-16)19(17-10-5-2-6-11-17)25-21(24)18-12-7-15-26-18/h1-12,15,19H,13-14H2,(H,22,23)/t19-/m1/s1. The number of hydrogen-bond acceptors (Lipinski definition) is 4. The summed E-state index contributed by atoms with van der Waals surface area (Å²) in [6.07, 6.45) is -0.256. The van der Waals surface area contributed by atoms with Crippen LogP contribution >= 0.6 is 11.3 Å². The van der Waals surface area contributed by atoms with E-state index in [1.54, 1.807) is 29.6 Å². The maximum Gasteiger partial charge on any atom is 0.349 e. The van der Waals surface area contributed by atoms with Crippen LogP contribution in [0.3, 0.4) is 0 Å². The molecule has 132 valence electrons. The van der Waals surface area contributed by atoms with E-state index in [9.17, 15) is 9.59 Å². The highest BCUT2D eigenvalue weighted by atomic mass is 32.1. The monoisotopic (exact) mass is 365 g/mol. The molecule has 0 radical (unpaired) electrons. The lowest BCUT2D eigenvalue weighted by atomic mass is 10.1.